The zero-order valence-corrected chi connectivity index (χ0v) is 11.0. The van der Waals surface area contributed by atoms with E-state index in [0.29, 0.717) is 23.4 Å². The smallest absolute Gasteiger partial charge is 0.261 e. The molecule has 0 spiro atoms. The van der Waals surface area contributed by atoms with E-state index in [0.717, 1.165) is 0 Å². The fraction of sp³-hybridized carbons (Fsp3) is 0.333. The topological polar surface area (TPSA) is 95.1 Å². The van der Waals surface area contributed by atoms with Crippen molar-refractivity contribution in [2.45, 2.75) is 6.54 Å². The predicted molar refractivity (Wildman–Crippen MR) is 64.1 cm³/mol. The molecule has 0 aromatic carbocycles. The molecule has 2 aromatic heterocycles. The van der Waals surface area contributed by atoms with Crippen LogP contribution in [0.25, 0.3) is 0 Å². The minimum Gasteiger partial charge on any atom is -0.457 e. The van der Waals surface area contributed by atoms with E-state index in [1.54, 1.807) is 13.2 Å². The van der Waals surface area contributed by atoms with Crippen LogP contribution >= 0.6 is 15.9 Å². The maximum absolute atomic E-state index is 11.8. The maximum Gasteiger partial charge on any atom is 0.261 e. The summed E-state index contributed by atoms with van der Waals surface area (Å²) in [5.41, 5.74) is 0.378. The van der Waals surface area contributed by atoms with Crippen LogP contribution in [0.4, 0.5) is 5.95 Å². The molecule has 8 nitrogen and oxygen atoms in total. The number of carbonyl (C=O) groups is 1. The first-order valence-electron chi connectivity index (χ1n) is 5.01. The Hall–Kier alpha value is -1.74. The Morgan fingerprint density at radius 2 is 2.50 bits per heavy atom. The molecule has 2 aromatic rings. The highest BCUT2D eigenvalue weighted by Gasteiger charge is 2.13. The van der Waals surface area contributed by atoms with E-state index >= 15 is 0 Å². The van der Waals surface area contributed by atoms with Crippen LogP contribution < -0.4 is 5.32 Å². The highest BCUT2D eigenvalue weighted by Crippen LogP contribution is 2.15. The van der Waals surface area contributed by atoms with Crippen molar-refractivity contribution in [3.63, 3.8) is 0 Å². The van der Waals surface area contributed by atoms with Gasteiger partial charge >= 0.3 is 0 Å². The van der Waals surface area contributed by atoms with E-state index in [1.807, 2.05) is 0 Å². The molecule has 9 heteroatoms. The number of anilines is 1. The van der Waals surface area contributed by atoms with Crippen molar-refractivity contribution in [2.75, 3.05) is 19.0 Å². The molecule has 1 amide bonds. The molecule has 1 N–H and O–H groups in total. The Bertz CT molecular complexity index is 538. The Labute approximate surface area is 110 Å². The Morgan fingerprint density at radius 1 is 1.67 bits per heavy atom. The van der Waals surface area contributed by atoms with Gasteiger partial charge in [-0.2, -0.15) is 0 Å². The Kier molecular flexibility index (Phi) is 4.05. The molecule has 0 fully saturated rings. The van der Waals surface area contributed by atoms with Gasteiger partial charge in [0.25, 0.3) is 5.91 Å². The Balaban J connectivity index is 2.05. The predicted octanol–water partition coefficient (Wildman–Crippen LogP) is 0.927. The fourth-order valence-electron chi connectivity index (χ4n) is 1.23. The lowest BCUT2D eigenvalue weighted by Gasteiger charge is -2.04. The molecule has 0 saturated heterocycles. The van der Waals surface area contributed by atoms with Gasteiger partial charge in [0.1, 0.15) is 6.26 Å². The van der Waals surface area contributed by atoms with Crippen LogP contribution in [0.15, 0.2) is 21.4 Å². The molecule has 0 bridgehead atoms. The van der Waals surface area contributed by atoms with Crippen molar-refractivity contribution in [2.24, 2.45) is 0 Å². The second-order valence-electron chi connectivity index (χ2n) is 3.31. The van der Waals surface area contributed by atoms with Gasteiger partial charge in [0.05, 0.1) is 18.7 Å². The molecule has 96 valence electrons. The van der Waals surface area contributed by atoms with Gasteiger partial charge in [0.2, 0.25) is 5.95 Å². The lowest BCUT2D eigenvalue weighted by atomic mass is 10.3. The summed E-state index contributed by atoms with van der Waals surface area (Å²) in [5.74, 6) is -0.0905. The molecule has 0 aliphatic heterocycles. The number of tetrazole rings is 1. The lowest BCUT2D eigenvalue weighted by molar-refractivity contribution is 0.102. The molecule has 0 atom stereocenters. The highest BCUT2D eigenvalue weighted by atomic mass is 79.9. The molecular weight excluding hydrogens is 306 g/mol. The average Bonchev–Trinajstić information content (AvgIpc) is 2.96. The maximum atomic E-state index is 11.8. The van der Waals surface area contributed by atoms with Crippen molar-refractivity contribution in [3.05, 3.63) is 22.6 Å². The third kappa shape index (κ3) is 2.93. The van der Waals surface area contributed by atoms with E-state index in [-0.39, 0.29) is 11.9 Å². The highest BCUT2D eigenvalue weighted by molar-refractivity contribution is 9.10. The summed E-state index contributed by atoms with van der Waals surface area (Å²) in [4.78, 5) is 11.8. The first kappa shape index (κ1) is 12.7. The number of furan rings is 1. The molecule has 0 aliphatic carbocycles. The third-order valence-electron chi connectivity index (χ3n) is 2.09. The van der Waals surface area contributed by atoms with Crippen molar-refractivity contribution in [3.8, 4) is 0 Å². The van der Waals surface area contributed by atoms with E-state index in [4.69, 9.17) is 9.15 Å². The van der Waals surface area contributed by atoms with Gasteiger partial charge in [-0.1, -0.05) is 5.10 Å². The number of nitrogens with one attached hydrogen (secondary N) is 1. The molecule has 0 radical (unpaired) electrons. The number of carbonyl (C=O) groups excluding carboxylic acids is 1. The summed E-state index contributed by atoms with van der Waals surface area (Å²) in [6.07, 6.45) is 1.34. The summed E-state index contributed by atoms with van der Waals surface area (Å²) in [6, 6.07) is 1.55. The van der Waals surface area contributed by atoms with Gasteiger partial charge in [0, 0.05) is 13.2 Å². The van der Waals surface area contributed by atoms with Gasteiger partial charge in [-0.25, -0.2) is 4.68 Å². The minimum absolute atomic E-state index is 0.259. The monoisotopic (exact) mass is 315 g/mol. The second-order valence-corrected chi connectivity index (χ2v) is 4.09. The van der Waals surface area contributed by atoms with E-state index in [1.165, 1.54) is 10.9 Å². The summed E-state index contributed by atoms with van der Waals surface area (Å²) in [6.45, 7) is 0.902. The SMILES string of the molecule is COCCn1nnnc1NC(=O)c1coc(Br)c1. The summed E-state index contributed by atoms with van der Waals surface area (Å²) >= 11 is 3.12. The van der Waals surface area contributed by atoms with E-state index in [2.05, 4.69) is 36.8 Å². The standard InChI is InChI=1S/C9H10BrN5O3/c1-17-3-2-15-9(12-13-14-15)11-8(16)6-4-7(10)18-5-6/h4-5H,2-3H2,1H3,(H,11,12,14,16). The van der Waals surface area contributed by atoms with Gasteiger partial charge in [-0.15, -0.1) is 0 Å². The van der Waals surface area contributed by atoms with Crippen LogP contribution in [-0.2, 0) is 11.3 Å². The Morgan fingerprint density at radius 3 is 3.17 bits per heavy atom. The van der Waals surface area contributed by atoms with Crippen molar-refractivity contribution in [1.29, 1.82) is 0 Å². The molecular formula is C9H10BrN5O3. The molecule has 0 aliphatic rings. The van der Waals surface area contributed by atoms with E-state index in [9.17, 15) is 4.79 Å². The first-order valence-corrected chi connectivity index (χ1v) is 5.80. The molecule has 0 saturated carbocycles. The van der Waals surface area contributed by atoms with Crippen LogP contribution in [-0.4, -0.2) is 39.8 Å². The number of ether oxygens (including phenoxy) is 1. The molecule has 2 heterocycles. The summed E-state index contributed by atoms with van der Waals surface area (Å²) in [5, 5.41) is 13.5. The van der Waals surface area contributed by atoms with Crippen LogP contribution in [0.3, 0.4) is 0 Å². The number of hydrogen-bond donors (Lipinski definition) is 1. The first-order chi connectivity index (χ1) is 8.70. The van der Waals surface area contributed by atoms with E-state index < -0.39 is 0 Å². The summed E-state index contributed by atoms with van der Waals surface area (Å²) in [7, 11) is 1.58. The van der Waals surface area contributed by atoms with Crippen molar-refractivity contribution >= 4 is 27.8 Å². The third-order valence-corrected chi connectivity index (χ3v) is 2.51. The summed E-state index contributed by atoms with van der Waals surface area (Å²) < 4.78 is 11.8. The van der Waals surface area contributed by atoms with Crippen LogP contribution in [0, 0.1) is 0 Å². The van der Waals surface area contributed by atoms with Crippen molar-refractivity contribution < 1.29 is 13.9 Å². The average molecular weight is 316 g/mol. The fourth-order valence-corrected chi connectivity index (χ4v) is 1.57. The van der Waals surface area contributed by atoms with Crippen molar-refractivity contribution in [1.82, 2.24) is 20.2 Å². The zero-order chi connectivity index (χ0) is 13.0. The van der Waals surface area contributed by atoms with Gasteiger partial charge < -0.3 is 9.15 Å². The minimum atomic E-state index is -0.349. The normalized spacial score (nSPS) is 10.6. The molecule has 0 unspecified atom stereocenters. The number of methoxy groups -OCH3 is 1. The zero-order valence-electron chi connectivity index (χ0n) is 9.46. The molecule has 18 heavy (non-hydrogen) atoms. The number of rotatable bonds is 5. The number of amides is 1. The lowest BCUT2D eigenvalue weighted by Crippen LogP contribution is -2.17. The van der Waals surface area contributed by atoms with Gasteiger partial charge in [-0.05, 0) is 26.4 Å². The van der Waals surface area contributed by atoms with Gasteiger partial charge in [0.15, 0.2) is 4.67 Å². The van der Waals surface area contributed by atoms with Crippen LogP contribution in [0.2, 0.25) is 0 Å². The van der Waals surface area contributed by atoms with Crippen LogP contribution in [0.1, 0.15) is 10.4 Å². The number of hydrogen-bond acceptors (Lipinski definition) is 6. The van der Waals surface area contributed by atoms with Crippen LogP contribution in [0.5, 0.6) is 0 Å². The molecule has 2 rings (SSSR count). The largest absolute Gasteiger partial charge is 0.457 e. The number of nitrogens with zero attached hydrogens (tertiary/aromatic N) is 4. The second kappa shape index (κ2) is 5.74. The number of aromatic nitrogens is 4. The quantitative estimate of drug-likeness (QED) is 0.881. The number of halogens is 1. The van der Waals surface area contributed by atoms with Gasteiger partial charge in [-0.3, -0.25) is 10.1 Å².